The van der Waals surface area contributed by atoms with Crippen molar-refractivity contribution in [1.29, 1.82) is 5.26 Å². The van der Waals surface area contributed by atoms with Gasteiger partial charge in [-0.05, 0) is 68.7 Å². The standard InChI is InChI=1S/C25H25FN4O2S/c1-16-5-12-22-23(17(16)2)30(14-18-6-9-20(13-26)28-24(18)29-22)33(31,32)21-10-7-19(8-11-21)25(3,4)15-27/h5-12H,13-14H2,1-4H3,(H,28,29). The van der Waals surface area contributed by atoms with Gasteiger partial charge in [0, 0.05) is 5.56 Å². The molecule has 0 saturated heterocycles. The van der Waals surface area contributed by atoms with E-state index < -0.39 is 22.1 Å². The van der Waals surface area contributed by atoms with Crippen molar-refractivity contribution < 1.29 is 12.8 Å². The van der Waals surface area contributed by atoms with Crippen molar-refractivity contribution in [3.63, 3.8) is 0 Å². The largest absolute Gasteiger partial charge is 0.338 e. The molecule has 0 fully saturated rings. The van der Waals surface area contributed by atoms with Gasteiger partial charge in [0.1, 0.15) is 12.5 Å². The Morgan fingerprint density at radius 1 is 1.12 bits per heavy atom. The number of pyridine rings is 1. The van der Waals surface area contributed by atoms with Crippen LogP contribution in [0, 0.1) is 25.2 Å². The SMILES string of the molecule is Cc1ccc2c(c1C)N(S(=O)(=O)c1ccc(C(C)(C)C#N)cc1)Cc1ccc(CF)nc1N2. The number of hydrogen-bond acceptors (Lipinski definition) is 5. The van der Waals surface area contributed by atoms with Crippen LogP contribution in [0.5, 0.6) is 0 Å². The van der Waals surface area contributed by atoms with E-state index in [0.29, 0.717) is 22.8 Å². The lowest BCUT2D eigenvalue weighted by molar-refractivity contribution is 0.476. The van der Waals surface area contributed by atoms with Crippen LogP contribution in [0.1, 0.15) is 41.8 Å². The quantitative estimate of drug-likeness (QED) is 0.557. The molecule has 0 radical (unpaired) electrons. The lowest BCUT2D eigenvalue weighted by atomic mass is 9.87. The van der Waals surface area contributed by atoms with Crippen molar-refractivity contribution in [3.8, 4) is 6.07 Å². The van der Waals surface area contributed by atoms with E-state index in [0.717, 1.165) is 16.7 Å². The Balaban J connectivity index is 1.88. The Morgan fingerprint density at radius 3 is 2.45 bits per heavy atom. The Hall–Kier alpha value is -3.44. The molecule has 1 N–H and O–H groups in total. The number of anilines is 3. The molecule has 0 bridgehead atoms. The molecule has 8 heteroatoms. The van der Waals surface area contributed by atoms with Gasteiger partial charge in [0.2, 0.25) is 0 Å². The van der Waals surface area contributed by atoms with Gasteiger partial charge < -0.3 is 5.32 Å². The van der Waals surface area contributed by atoms with Crippen molar-refractivity contribution in [2.45, 2.75) is 51.2 Å². The summed E-state index contributed by atoms with van der Waals surface area (Å²) in [5.41, 5.74) is 3.83. The molecule has 1 aromatic heterocycles. The zero-order valence-electron chi connectivity index (χ0n) is 19.0. The Labute approximate surface area is 193 Å². The highest BCUT2D eigenvalue weighted by Gasteiger charge is 2.32. The first-order valence-electron chi connectivity index (χ1n) is 10.5. The number of alkyl halides is 1. The molecule has 0 unspecified atom stereocenters. The molecule has 33 heavy (non-hydrogen) atoms. The molecule has 0 amide bonds. The van der Waals surface area contributed by atoms with Gasteiger partial charge in [-0.15, -0.1) is 0 Å². The summed E-state index contributed by atoms with van der Waals surface area (Å²) >= 11 is 0. The molecule has 2 aromatic carbocycles. The Morgan fingerprint density at radius 2 is 1.82 bits per heavy atom. The average Bonchev–Trinajstić information content (AvgIpc) is 2.98. The van der Waals surface area contributed by atoms with Gasteiger partial charge in [0.15, 0.2) is 0 Å². The first kappa shape index (κ1) is 22.7. The third-order valence-corrected chi connectivity index (χ3v) is 7.89. The Bertz CT molecular complexity index is 1380. The van der Waals surface area contributed by atoms with E-state index in [9.17, 15) is 18.1 Å². The minimum Gasteiger partial charge on any atom is -0.338 e. The number of aromatic nitrogens is 1. The second-order valence-electron chi connectivity index (χ2n) is 8.75. The molecule has 0 atom stereocenters. The van der Waals surface area contributed by atoms with Crippen LogP contribution in [0.2, 0.25) is 0 Å². The van der Waals surface area contributed by atoms with Crippen LogP contribution in [0.15, 0.2) is 53.4 Å². The molecule has 170 valence electrons. The molecule has 1 aliphatic heterocycles. The van der Waals surface area contributed by atoms with E-state index in [2.05, 4.69) is 16.4 Å². The maximum absolute atomic E-state index is 13.9. The van der Waals surface area contributed by atoms with Crippen LogP contribution in [0.3, 0.4) is 0 Å². The zero-order valence-corrected chi connectivity index (χ0v) is 19.8. The number of sulfonamides is 1. The highest BCUT2D eigenvalue weighted by molar-refractivity contribution is 7.92. The highest BCUT2D eigenvalue weighted by atomic mass is 32.2. The summed E-state index contributed by atoms with van der Waals surface area (Å²) in [6.07, 6.45) is 0. The predicted octanol–water partition coefficient (Wildman–Crippen LogP) is 5.42. The fourth-order valence-corrected chi connectivity index (χ4v) is 5.38. The number of aryl methyl sites for hydroxylation is 1. The van der Waals surface area contributed by atoms with E-state index in [1.54, 1.807) is 38.1 Å². The predicted molar refractivity (Wildman–Crippen MR) is 127 cm³/mol. The molecule has 2 heterocycles. The van der Waals surface area contributed by atoms with Gasteiger partial charge in [-0.2, -0.15) is 5.26 Å². The van der Waals surface area contributed by atoms with Gasteiger partial charge in [-0.1, -0.05) is 24.3 Å². The number of hydrogen-bond donors (Lipinski definition) is 1. The minimum atomic E-state index is -3.96. The fourth-order valence-electron chi connectivity index (χ4n) is 3.86. The molecule has 3 aromatic rings. The van der Waals surface area contributed by atoms with Gasteiger partial charge in [0.05, 0.1) is 40.0 Å². The number of nitrogens with zero attached hydrogens (tertiary/aromatic N) is 3. The smallest absolute Gasteiger partial charge is 0.264 e. The number of benzene rings is 2. The van der Waals surface area contributed by atoms with E-state index in [4.69, 9.17) is 0 Å². The molecule has 6 nitrogen and oxygen atoms in total. The van der Waals surface area contributed by atoms with Gasteiger partial charge in [-0.3, -0.25) is 4.31 Å². The van der Waals surface area contributed by atoms with Gasteiger partial charge >= 0.3 is 0 Å². The first-order valence-corrected chi connectivity index (χ1v) is 12.0. The number of fused-ring (bicyclic) bond motifs is 2. The summed E-state index contributed by atoms with van der Waals surface area (Å²) in [4.78, 5) is 4.47. The van der Waals surface area contributed by atoms with Crippen LogP contribution < -0.4 is 9.62 Å². The summed E-state index contributed by atoms with van der Waals surface area (Å²) < 4.78 is 42.4. The van der Waals surface area contributed by atoms with Crippen LogP contribution in [0.4, 0.5) is 21.6 Å². The summed E-state index contributed by atoms with van der Waals surface area (Å²) in [5.74, 6) is 0.443. The second-order valence-corrected chi connectivity index (χ2v) is 10.6. The topological polar surface area (TPSA) is 86.1 Å². The number of nitrogens with one attached hydrogen (secondary N) is 1. The van der Waals surface area contributed by atoms with Gasteiger partial charge in [0.25, 0.3) is 10.0 Å². The summed E-state index contributed by atoms with van der Waals surface area (Å²) in [6, 6.07) is 15.7. The fraction of sp³-hybridized carbons (Fsp3) is 0.280. The minimum absolute atomic E-state index is 0.0486. The van der Waals surface area contributed by atoms with Crippen LogP contribution >= 0.6 is 0 Å². The third-order valence-electron chi connectivity index (χ3n) is 6.14. The number of halogens is 1. The molecule has 4 rings (SSSR count). The van der Waals surface area contributed by atoms with E-state index in [1.807, 2.05) is 26.0 Å². The third kappa shape index (κ3) is 3.93. The van der Waals surface area contributed by atoms with Crippen LogP contribution in [-0.2, 0) is 28.7 Å². The second kappa shape index (κ2) is 8.16. The number of nitriles is 1. The van der Waals surface area contributed by atoms with Crippen molar-refractivity contribution in [2.75, 3.05) is 9.62 Å². The lowest BCUT2D eigenvalue weighted by Gasteiger charge is -2.27. The van der Waals surface area contributed by atoms with Crippen molar-refractivity contribution in [3.05, 3.63) is 76.5 Å². The zero-order chi connectivity index (χ0) is 24.0. The normalized spacial score (nSPS) is 13.4. The first-order chi connectivity index (χ1) is 15.6. The van der Waals surface area contributed by atoms with Crippen LogP contribution in [-0.4, -0.2) is 13.4 Å². The van der Waals surface area contributed by atoms with Crippen molar-refractivity contribution >= 4 is 27.2 Å². The molecule has 0 saturated carbocycles. The molecule has 1 aliphatic rings. The van der Waals surface area contributed by atoms with E-state index in [-0.39, 0.29) is 17.1 Å². The number of rotatable bonds is 4. The van der Waals surface area contributed by atoms with Crippen LogP contribution in [0.25, 0.3) is 0 Å². The summed E-state index contributed by atoms with van der Waals surface area (Å²) in [6.45, 7) is 6.73. The maximum atomic E-state index is 13.9. The summed E-state index contributed by atoms with van der Waals surface area (Å²) in [7, 11) is -3.96. The molecule has 0 spiro atoms. The van der Waals surface area contributed by atoms with E-state index in [1.165, 1.54) is 16.4 Å². The molecular weight excluding hydrogens is 439 g/mol. The maximum Gasteiger partial charge on any atom is 0.264 e. The summed E-state index contributed by atoms with van der Waals surface area (Å²) in [5, 5.41) is 12.6. The van der Waals surface area contributed by atoms with Gasteiger partial charge in [-0.25, -0.2) is 17.8 Å². The lowest BCUT2D eigenvalue weighted by Crippen LogP contribution is -2.31. The molecular formula is C25H25FN4O2S. The Kier molecular flexibility index (Phi) is 5.62. The van der Waals surface area contributed by atoms with Crippen molar-refractivity contribution in [1.82, 2.24) is 4.98 Å². The van der Waals surface area contributed by atoms with E-state index >= 15 is 0 Å². The van der Waals surface area contributed by atoms with Crippen molar-refractivity contribution in [2.24, 2.45) is 0 Å². The monoisotopic (exact) mass is 464 g/mol. The highest BCUT2D eigenvalue weighted by Crippen LogP contribution is 2.41. The average molecular weight is 465 g/mol. The molecule has 0 aliphatic carbocycles.